The van der Waals surface area contributed by atoms with Crippen LogP contribution in [0.4, 0.5) is 5.69 Å². The van der Waals surface area contributed by atoms with Gasteiger partial charge in [0.2, 0.25) is 0 Å². The van der Waals surface area contributed by atoms with Gasteiger partial charge in [-0.05, 0) is 24.6 Å². The fraction of sp³-hybridized carbons (Fsp3) is 0.176. The van der Waals surface area contributed by atoms with Crippen molar-refractivity contribution in [1.29, 1.82) is 0 Å². The molecule has 0 bridgehead atoms. The first-order chi connectivity index (χ1) is 10.7. The van der Waals surface area contributed by atoms with Gasteiger partial charge in [0.1, 0.15) is 6.10 Å². The lowest BCUT2D eigenvalue weighted by Crippen LogP contribution is -2.26. The number of carbonyl (C=O) groups excluding carboxylic acids is 1. The number of ether oxygens (including phenoxy) is 1. The standard InChI is InChI=1S/C17H18N2O3/c1-2-22-17(21)15(16(20)13-9-5-3-6-10-13)19-18-14-11-7-4-8-12-14/h3-12,16,18,20H,2H2,1H3/b19-15-. The maximum absolute atomic E-state index is 12.0. The minimum atomic E-state index is -1.16. The van der Waals surface area contributed by atoms with Crippen molar-refractivity contribution < 1.29 is 14.6 Å². The minimum Gasteiger partial charge on any atom is -0.461 e. The molecule has 5 heteroatoms. The van der Waals surface area contributed by atoms with Crippen LogP contribution in [0, 0.1) is 0 Å². The van der Waals surface area contributed by atoms with Crippen LogP contribution in [0.15, 0.2) is 65.8 Å². The van der Waals surface area contributed by atoms with Crippen LogP contribution in [0.5, 0.6) is 0 Å². The van der Waals surface area contributed by atoms with Crippen LogP contribution < -0.4 is 5.43 Å². The molecule has 2 rings (SSSR count). The van der Waals surface area contributed by atoms with Gasteiger partial charge in [-0.15, -0.1) is 0 Å². The largest absolute Gasteiger partial charge is 0.461 e. The van der Waals surface area contributed by atoms with Crippen molar-refractivity contribution in [2.75, 3.05) is 12.0 Å². The Kier molecular flexibility index (Phi) is 5.68. The zero-order valence-electron chi connectivity index (χ0n) is 12.3. The number of nitrogens with one attached hydrogen (secondary N) is 1. The lowest BCUT2D eigenvalue weighted by atomic mass is 10.1. The van der Waals surface area contributed by atoms with Crippen molar-refractivity contribution in [2.24, 2.45) is 5.10 Å². The van der Waals surface area contributed by atoms with Crippen molar-refractivity contribution in [1.82, 2.24) is 0 Å². The first-order valence-corrected chi connectivity index (χ1v) is 7.01. The Bertz CT molecular complexity index is 627. The van der Waals surface area contributed by atoms with E-state index in [2.05, 4.69) is 10.5 Å². The summed E-state index contributed by atoms with van der Waals surface area (Å²) in [6.45, 7) is 1.92. The average Bonchev–Trinajstić information content (AvgIpc) is 2.57. The molecule has 0 heterocycles. The zero-order valence-corrected chi connectivity index (χ0v) is 12.3. The molecule has 2 aromatic carbocycles. The van der Waals surface area contributed by atoms with Crippen molar-refractivity contribution in [2.45, 2.75) is 13.0 Å². The Hall–Kier alpha value is -2.66. The number of benzene rings is 2. The molecule has 0 amide bonds. The van der Waals surface area contributed by atoms with Crippen LogP contribution in [0.2, 0.25) is 0 Å². The topological polar surface area (TPSA) is 70.9 Å². The van der Waals surface area contributed by atoms with Crippen molar-refractivity contribution >= 4 is 17.4 Å². The van der Waals surface area contributed by atoms with Gasteiger partial charge in [0.15, 0.2) is 5.71 Å². The molecule has 2 N–H and O–H groups in total. The number of rotatable bonds is 6. The van der Waals surface area contributed by atoms with E-state index in [0.717, 1.165) is 0 Å². The number of esters is 1. The summed E-state index contributed by atoms with van der Waals surface area (Å²) in [5.41, 5.74) is 3.96. The summed E-state index contributed by atoms with van der Waals surface area (Å²) < 4.78 is 4.97. The summed E-state index contributed by atoms with van der Waals surface area (Å²) in [5, 5.41) is 14.4. The van der Waals surface area contributed by atoms with Crippen molar-refractivity contribution in [3.63, 3.8) is 0 Å². The lowest BCUT2D eigenvalue weighted by molar-refractivity contribution is -0.135. The van der Waals surface area contributed by atoms with Crippen LogP contribution in [-0.4, -0.2) is 23.4 Å². The Morgan fingerprint density at radius 1 is 1.14 bits per heavy atom. The molecule has 1 unspecified atom stereocenters. The smallest absolute Gasteiger partial charge is 0.357 e. The van der Waals surface area contributed by atoms with Gasteiger partial charge >= 0.3 is 5.97 Å². The van der Waals surface area contributed by atoms with E-state index in [1.54, 1.807) is 43.3 Å². The highest BCUT2D eigenvalue weighted by atomic mass is 16.5. The number of aliphatic hydroxyl groups is 1. The first kappa shape index (κ1) is 15.7. The highest BCUT2D eigenvalue weighted by molar-refractivity contribution is 6.38. The molecule has 0 aliphatic rings. The van der Waals surface area contributed by atoms with Gasteiger partial charge in [-0.25, -0.2) is 4.79 Å². The Morgan fingerprint density at radius 2 is 1.73 bits per heavy atom. The highest BCUT2D eigenvalue weighted by Gasteiger charge is 2.24. The summed E-state index contributed by atoms with van der Waals surface area (Å²) in [6.07, 6.45) is -1.16. The van der Waals surface area contributed by atoms with Crippen LogP contribution in [0.1, 0.15) is 18.6 Å². The highest BCUT2D eigenvalue weighted by Crippen LogP contribution is 2.16. The summed E-state index contributed by atoms with van der Waals surface area (Å²) in [7, 11) is 0. The maximum atomic E-state index is 12.0. The lowest BCUT2D eigenvalue weighted by Gasteiger charge is -2.13. The second kappa shape index (κ2) is 7.95. The molecule has 1 atom stereocenters. The monoisotopic (exact) mass is 298 g/mol. The molecular weight excluding hydrogens is 280 g/mol. The normalized spacial score (nSPS) is 12.5. The van der Waals surface area contributed by atoms with E-state index in [-0.39, 0.29) is 12.3 Å². The number of nitrogens with zero attached hydrogens (tertiary/aromatic N) is 1. The van der Waals surface area contributed by atoms with E-state index in [9.17, 15) is 9.90 Å². The van der Waals surface area contributed by atoms with Crippen LogP contribution in [0.25, 0.3) is 0 Å². The SMILES string of the molecule is CCOC(=O)/C(=N\Nc1ccccc1)C(O)c1ccccc1. The van der Waals surface area contributed by atoms with Crippen LogP contribution in [-0.2, 0) is 9.53 Å². The second-order valence-corrected chi connectivity index (χ2v) is 4.51. The molecule has 0 radical (unpaired) electrons. The van der Waals surface area contributed by atoms with E-state index in [1.807, 2.05) is 24.3 Å². The van der Waals surface area contributed by atoms with E-state index in [0.29, 0.717) is 11.3 Å². The van der Waals surface area contributed by atoms with Crippen LogP contribution >= 0.6 is 0 Å². The third-order valence-electron chi connectivity index (χ3n) is 2.94. The Morgan fingerprint density at radius 3 is 2.32 bits per heavy atom. The fourth-order valence-electron chi connectivity index (χ4n) is 1.85. The van der Waals surface area contributed by atoms with E-state index >= 15 is 0 Å². The summed E-state index contributed by atoms with van der Waals surface area (Å²) in [5.74, 6) is -0.651. The molecule has 0 fully saturated rings. The van der Waals surface area contributed by atoms with Gasteiger partial charge < -0.3 is 9.84 Å². The third kappa shape index (κ3) is 4.17. The molecule has 22 heavy (non-hydrogen) atoms. The quantitative estimate of drug-likeness (QED) is 0.489. The third-order valence-corrected chi connectivity index (χ3v) is 2.94. The number of hydrogen-bond donors (Lipinski definition) is 2. The van der Waals surface area contributed by atoms with Gasteiger partial charge in [0.05, 0.1) is 12.3 Å². The number of anilines is 1. The molecule has 0 spiro atoms. The first-order valence-electron chi connectivity index (χ1n) is 7.01. The molecule has 0 aromatic heterocycles. The summed E-state index contributed by atoms with van der Waals surface area (Å²) in [6, 6.07) is 18.0. The van der Waals surface area contributed by atoms with E-state index in [1.165, 1.54) is 0 Å². The zero-order chi connectivity index (χ0) is 15.8. The molecule has 0 saturated heterocycles. The molecule has 0 aliphatic carbocycles. The molecule has 114 valence electrons. The molecule has 5 nitrogen and oxygen atoms in total. The Balaban J connectivity index is 2.24. The van der Waals surface area contributed by atoms with Crippen molar-refractivity contribution in [3.05, 3.63) is 66.2 Å². The van der Waals surface area contributed by atoms with Crippen molar-refractivity contribution in [3.8, 4) is 0 Å². The summed E-state index contributed by atoms with van der Waals surface area (Å²) >= 11 is 0. The van der Waals surface area contributed by atoms with Gasteiger partial charge in [0, 0.05) is 0 Å². The molecule has 0 aliphatic heterocycles. The van der Waals surface area contributed by atoms with Gasteiger partial charge in [0.25, 0.3) is 0 Å². The fourth-order valence-corrected chi connectivity index (χ4v) is 1.85. The second-order valence-electron chi connectivity index (χ2n) is 4.51. The van der Waals surface area contributed by atoms with Crippen LogP contribution in [0.3, 0.4) is 0 Å². The molecule has 0 saturated carbocycles. The van der Waals surface area contributed by atoms with E-state index < -0.39 is 12.1 Å². The maximum Gasteiger partial charge on any atom is 0.357 e. The summed E-state index contributed by atoms with van der Waals surface area (Å²) in [4.78, 5) is 12.0. The number of carbonyl (C=O) groups is 1. The van der Waals surface area contributed by atoms with E-state index in [4.69, 9.17) is 4.74 Å². The molecule has 2 aromatic rings. The molecular formula is C17H18N2O3. The average molecular weight is 298 g/mol. The van der Waals surface area contributed by atoms with Gasteiger partial charge in [-0.2, -0.15) is 5.10 Å². The number of para-hydroxylation sites is 1. The number of hydrogen-bond acceptors (Lipinski definition) is 5. The predicted molar refractivity (Wildman–Crippen MR) is 85.5 cm³/mol. The minimum absolute atomic E-state index is 0.0862. The Labute approximate surface area is 129 Å². The number of aliphatic hydroxyl groups excluding tert-OH is 1. The predicted octanol–water partition coefficient (Wildman–Crippen LogP) is 2.75. The van der Waals surface area contributed by atoms with Gasteiger partial charge in [-0.1, -0.05) is 48.5 Å². The number of hydrazone groups is 1. The van der Waals surface area contributed by atoms with Gasteiger partial charge in [-0.3, -0.25) is 5.43 Å².